The highest BCUT2D eigenvalue weighted by Gasteiger charge is 1.97. The molecule has 0 aliphatic rings. The van der Waals surface area contributed by atoms with Crippen LogP contribution in [0.3, 0.4) is 0 Å². The molecular formula is C20H41NO. The van der Waals surface area contributed by atoms with E-state index < -0.39 is 0 Å². The summed E-state index contributed by atoms with van der Waals surface area (Å²) in [6.07, 6.45) is 18.9. The molecule has 0 aliphatic heterocycles. The Morgan fingerprint density at radius 2 is 1.09 bits per heavy atom. The molecule has 0 amide bonds. The third kappa shape index (κ3) is 17.7. The lowest BCUT2D eigenvalue weighted by atomic mass is 10.1. The first-order chi connectivity index (χ1) is 10.8. The highest BCUT2D eigenvalue weighted by molar-refractivity contribution is 5.77. The van der Waals surface area contributed by atoms with Crippen molar-refractivity contribution in [1.29, 1.82) is 0 Å². The largest absolute Gasteiger partial charge is 0.317 e. The number of nitrogens with one attached hydrogen (secondary N) is 1. The molecule has 0 aliphatic carbocycles. The van der Waals surface area contributed by atoms with E-state index in [4.69, 9.17) is 0 Å². The number of hydrogen-bond acceptors (Lipinski definition) is 2. The Hall–Kier alpha value is -0.370. The fourth-order valence-corrected chi connectivity index (χ4v) is 2.79. The van der Waals surface area contributed by atoms with Gasteiger partial charge < -0.3 is 5.32 Å². The second-order valence-corrected chi connectivity index (χ2v) is 6.63. The van der Waals surface area contributed by atoms with Crippen LogP contribution in [0.15, 0.2) is 0 Å². The number of rotatable bonds is 18. The SMILES string of the molecule is CCCCCCCCCNCCCCCCCCC(=O)CC. The van der Waals surface area contributed by atoms with E-state index in [-0.39, 0.29) is 0 Å². The summed E-state index contributed by atoms with van der Waals surface area (Å²) in [5.74, 6) is 0.426. The molecular weight excluding hydrogens is 270 g/mol. The van der Waals surface area contributed by atoms with Crippen molar-refractivity contribution in [2.75, 3.05) is 13.1 Å². The van der Waals surface area contributed by atoms with Gasteiger partial charge in [0.2, 0.25) is 0 Å². The first-order valence-corrected chi connectivity index (χ1v) is 10.0. The molecule has 0 spiro atoms. The van der Waals surface area contributed by atoms with Crippen molar-refractivity contribution in [1.82, 2.24) is 5.32 Å². The minimum atomic E-state index is 0.426. The maximum absolute atomic E-state index is 11.2. The van der Waals surface area contributed by atoms with Crippen LogP contribution in [-0.2, 0) is 4.79 Å². The molecule has 1 N–H and O–H groups in total. The van der Waals surface area contributed by atoms with Gasteiger partial charge in [0.25, 0.3) is 0 Å². The molecule has 2 heteroatoms. The Labute approximate surface area is 139 Å². The minimum Gasteiger partial charge on any atom is -0.317 e. The van der Waals surface area contributed by atoms with Gasteiger partial charge in [-0.3, -0.25) is 4.79 Å². The second-order valence-electron chi connectivity index (χ2n) is 6.63. The van der Waals surface area contributed by atoms with Crippen molar-refractivity contribution in [3.05, 3.63) is 0 Å². The average Bonchev–Trinajstić information content (AvgIpc) is 2.54. The zero-order chi connectivity index (χ0) is 16.3. The molecule has 2 nitrogen and oxygen atoms in total. The quantitative estimate of drug-likeness (QED) is 0.313. The monoisotopic (exact) mass is 311 g/mol. The Bertz CT molecular complexity index is 228. The van der Waals surface area contributed by atoms with E-state index in [1.807, 2.05) is 6.92 Å². The van der Waals surface area contributed by atoms with Crippen molar-refractivity contribution < 1.29 is 4.79 Å². The van der Waals surface area contributed by atoms with Gasteiger partial charge in [-0.1, -0.05) is 78.1 Å². The summed E-state index contributed by atoms with van der Waals surface area (Å²) in [6, 6.07) is 0. The summed E-state index contributed by atoms with van der Waals surface area (Å²) >= 11 is 0. The predicted molar refractivity (Wildman–Crippen MR) is 98.5 cm³/mol. The predicted octanol–water partition coefficient (Wildman–Crippen LogP) is 6.04. The van der Waals surface area contributed by atoms with Crippen LogP contribution in [0.5, 0.6) is 0 Å². The van der Waals surface area contributed by atoms with E-state index in [1.165, 1.54) is 90.1 Å². The first-order valence-electron chi connectivity index (χ1n) is 10.0. The average molecular weight is 312 g/mol. The van der Waals surface area contributed by atoms with Gasteiger partial charge in [0, 0.05) is 12.8 Å². The summed E-state index contributed by atoms with van der Waals surface area (Å²) in [5, 5.41) is 3.57. The molecule has 0 unspecified atom stereocenters. The molecule has 0 saturated heterocycles. The lowest BCUT2D eigenvalue weighted by molar-refractivity contribution is -0.118. The molecule has 132 valence electrons. The summed E-state index contributed by atoms with van der Waals surface area (Å²) in [7, 11) is 0. The molecule has 0 atom stereocenters. The maximum Gasteiger partial charge on any atom is 0.132 e. The zero-order valence-corrected chi connectivity index (χ0v) is 15.4. The summed E-state index contributed by atoms with van der Waals surface area (Å²) in [5.41, 5.74) is 0. The smallest absolute Gasteiger partial charge is 0.132 e. The molecule has 0 fully saturated rings. The summed E-state index contributed by atoms with van der Waals surface area (Å²) in [6.45, 7) is 6.62. The van der Waals surface area contributed by atoms with Gasteiger partial charge in [0.15, 0.2) is 0 Å². The van der Waals surface area contributed by atoms with E-state index in [9.17, 15) is 4.79 Å². The Balaban J connectivity index is 2.98. The van der Waals surface area contributed by atoms with Crippen molar-refractivity contribution in [2.45, 2.75) is 110 Å². The number of carbonyl (C=O) groups excluding carboxylic acids is 1. The molecule has 0 radical (unpaired) electrons. The van der Waals surface area contributed by atoms with Crippen molar-refractivity contribution in [3.8, 4) is 0 Å². The van der Waals surface area contributed by atoms with Crippen LogP contribution >= 0.6 is 0 Å². The van der Waals surface area contributed by atoms with Crippen molar-refractivity contribution in [2.24, 2.45) is 0 Å². The molecule has 0 aromatic heterocycles. The molecule has 22 heavy (non-hydrogen) atoms. The van der Waals surface area contributed by atoms with Gasteiger partial charge in [-0.15, -0.1) is 0 Å². The van der Waals surface area contributed by atoms with Crippen molar-refractivity contribution in [3.63, 3.8) is 0 Å². The lowest BCUT2D eigenvalue weighted by Crippen LogP contribution is -2.16. The fourth-order valence-electron chi connectivity index (χ4n) is 2.79. The summed E-state index contributed by atoms with van der Waals surface area (Å²) < 4.78 is 0. The molecule has 0 heterocycles. The van der Waals surface area contributed by atoms with Gasteiger partial charge >= 0.3 is 0 Å². The molecule has 0 rings (SSSR count). The van der Waals surface area contributed by atoms with Crippen LogP contribution in [0.1, 0.15) is 110 Å². The number of Topliss-reactive ketones (excluding diaryl/α,β-unsaturated/α-hetero) is 1. The number of ketones is 1. The van der Waals surface area contributed by atoms with Crippen LogP contribution in [-0.4, -0.2) is 18.9 Å². The van der Waals surface area contributed by atoms with Crippen LogP contribution in [0.25, 0.3) is 0 Å². The van der Waals surface area contributed by atoms with Crippen molar-refractivity contribution >= 4 is 5.78 Å². The minimum absolute atomic E-state index is 0.426. The van der Waals surface area contributed by atoms with Gasteiger partial charge in [-0.2, -0.15) is 0 Å². The molecule has 0 saturated carbocycles. The van der Waals surface area contributed by atoms with E-state index in [2.05, 4.69) is 12.2 Å². The van der Waals surface area contributed by atoms with Gasteiger partial charge in [0.1, 0.15) is 5.78 Å². The van der Waals surface area contributed by atoms with Crippen LogP contribution in [0.2, 0.25) is 0 Å². The standard InChI is InChI=1S/C20H41NO/c1-3-5-6-7-9-12-15-18-21-19-16-13-10-8-11-14-17-20(22)4-2/h21H,3-19H2,1-2H3. The number of unbranched alkanes of at least 4 members (excludes halogenated alkanes) is 11. The molecule has 0 aromatic rings. The Kier molecular flexibility index (Phi) is 18.4. The third-order valence-electron chi connectivity index (χ3n) is 4.41. The van der Waals surface area contributed by atoms with Crippen LogP contribution in [0, 0.1) is 0 Å². The van der Waals surface area contributed by atoms with Crippen LogP contribution < -0.4 is 5.32 Å². The normalized spacial score (nSPS) is 11.0. The number of carbonyl (C=O) groups is 1. The van der Waals surface area contributed by atoms with Gasteiger partial charge in [-0.05, 0) is 32.4 Å². The highest BCUT2D eigenvalue weighted by atomic mass is 16.1. The highest BCUT2D eigenvalue weighted by Crippen LogP contribution is 2.08. The van der Waals surface area contributed by atoms with E-state index in [0.29, 0.717) is 12.2 Å². The Morgan fingerprint density at radius 1 is 0.636 bits per heavy atom. The maximum atomic E-state index is 11.2. The van der Waals surface area contributed by atoms with E-state index in [0.717, 1.165) is 12.8 Å². The van der Waals surface area contributed by atoms with E-state index in [1.54, 1.807) is 0 Å². The topological polar surface area (TPSA) is 29.1 Å². The second kappa shape index (κ2) is 18.7. The van der Waals surface area contributed by atoms with E-state index >= 15 is 0 Å². The van der Waals surface area contributed by atoms with Gasteiger partial charge in [0.05, 0.1) is 0 Å². The van der Waals surface area contributed by atoms with Crippen LogP contribution in [0.4, 0.5) is 0 Å². The summed E-state index contributed by atoms with van der Waals surface area (Å²) in [4.78, 5) is 11.2. The fraction of sp³-hybridized carbons (Fsp3) is 0.950. The lowest BCUT2D eigenvalue weighted by Gasteiger charge is -2.05. The molecule has 0 aromatic carbocycles. The zero-order valence-electron chi connectivity index (χ0n) is 15.4. The number of hydrogen-bond donors (Lipinski definition) is 1. The Morgan fingerprint density at radius 3 is 1.59 bits per heavy atom. The van der Waals surface area contributed by atoms with Gasteiger partial charge in [-0.25, -0.2) is 0 Å². The first kappa shape index (κ1) is 21.6. The molecule has 0 bridgehead atoms. The third-order valence-corrected chi connectivity index (χ3v) is 4.41.